The number of aliphatic hydroxyl groups is 7. The van der Waals surface area contributed by atoms with Gasteiger partial charge in [0, 0.05) is 0 Å². The van der Waals surface area contributed by atoms with E-state index in [1.165, 1.54) is 0 Å². The number of nitrogens with two attached hydrogens (primary N) is 1. The second-order valence-electron chi connectivity index (χ2n) is 3.48. The highest BCUT2D eigenvalue weighted by Crippen LogP contribution is 1.82. The zero-order valence-electron chi connectivity index (χ0n) is 13.9. The Morgan fingerprint density at radius 2 is 1.19 bits per heavy atom. The van der Waals surface area contributed by atoms with Gasteiger partial charge in [-0.25, -0.2) is 14.6 Å². The van der Waals surface area contributed by atoms with Crippen LogP contribution in [0.1, 0.15) is 0 Å². The van der Waals surface area contributed by atoms with Gasteiger partial charge in [-0.1, -0.05) is 0 Å². The molecule has 0 aromatic rings. The molecule has 0 aliphatic rings. The van der Waals surface area contributed by atoms with E-state index in [0.29, 0.717) is 4.90 Å². The molecule has 0 aromatic heterocycles. The van der Waals surface area contributed by atoms with Crippen molar-refractivity contribution in [2.75, 3.05) is 47.1 Å². The van der Waals surface area contributed by atoms with E-state index < -0.39 is 45.7 Å². The van der Waals surface area contributed by atoms with Gasteiger partial charge in [-0.15, -0.1) is 0 Å². The summed E-state index contributed by atoms with van der Waals surface area (Å²) >= 11 is 0. The normalized spacial score (nSPS) is 9.58. The van der Waals surface area contributed by atoms with Crippen molar-refractivity contribution in [3.8, 4) is 0 Å². The number of carbonyl (C=O) groups is 2. The molecule has 0 aromatic carbocycles. The van der Waals surface area contributed by atoms with Crippen molar-refractivity contribution in [3.63, 3.8) is 0 Å². The molecule has 0 unspecified atom stereocenters. The number of urea groups is 2. The minimum absolute atomic E-state index is 0.0370. The molecule has 0 spiro atoms. The van der Waals surface area contributed by atoms with Gasteiger partial charge < -0.3 is 62.7 Å². The van der Waals surface area contributed by atoms with Gasteiger partial charge in [0.25, 0.3) is 0 Å². The molecule has 16 heteroatoms. The Bertz CT molecular complexity index is 361. The predicted octanol–water partition coefficient (Wildman–Crippen LogP) is -6.18. The molecule has 0 bridgehead atoms. The fourth-order valence-corrected chi connectivity index (χ4v) is 0.772. The number of nitrogens with zero attached hydrogens (tertiary/aromatic N) is 2. The maximum absolute atomic E-state index is 10.5. The van der Waals surface area contributed by atoms with Crippen LogP contribution in [0.15, 0.2) is 4.99 Å². The summed E-state index contributed by atoms with van der Waals surface area (Å²) in [4.78, 5) is 24.6. The second-order valence-corrected chi connectivity index (χ2v) is 3.48. The molecule has 0 saturated carbocycles. The highest BCUT2D eigenvalue weighted by atomic mass is 16.3. The summed E-state index contributed by atoms with van der Waals surface area (Å²) in [5, 5.41) is 65.3. The number of nitrogens with one attached hydrogen (secondary N) is 4. The maximum Gasteiger partial charge on any atom is 0.322 e. The van der Waals surface area contributed by atoms with Crippen LogP contribution in [-0.2, 0) is 0 Å². The lowest BCUT2D eigenvalue weighted by Gasteiger charge is -2.15. The Labute approximate surface area is 148 Å². The van der Waals surface area contributed by atoms with E-state index >= 15 is 0 Å². The zero-order valence-corrected chi connectivity index (χ0v) is 13.9. The predicted molar refractivity (Wildman–Crippen MR) is 86.4 cm³/mol. The van der Waals surface area contributed by atoms with Crippen LogP contribution in [0.2, 0.25) is 0 Å². The van der Waals surface area contributed by atoms with Crippen LogP contribution in [0.4, 0.5) is 9.59 Å². The molecular formula is C10H27N7O9. The van der Waals surface area contributed by atoms with E-state index in [1.807, 2.05) is 16.0 Å². The van der Waals surface area contributed by atoms with E-state index in [0.717, 1.165) is 0 Å². The van der Waals surface area contributed by atoms with Gasteiger partial charge in [-0.2, -0.15) is 0 Å². The van der Waals surface area contributed by atoms with Crippen LogP contribution >= 0.6 is 0 Å². The lowest BCUT2D eigenvalue weighted by atomic mass is 10.8. The van der Waals surface area contributed by atoms with Gasteiger partial charge in [-0.05, 0) is 0 Å². The second kappa shape index (κ2) is 22.5. The first-order valence-electron chi connectivity index (χ1n) is 6.72. The summed E-state index contributed by atoms with van der Waals surface area (Å²) in [6.45, 7) is -3.16. The molecule has 4 amide bonds. The first kappa shape index (κ1) is 28.3. The van der Waals surface area contributed by atoms with Gasteiger partial charge in [0.1, 0.15) is 47.1 Å². The fourth-order valence-electron chi connectivity index (χ4n) is 0.772. The van der Waals surface area contributed by atoms with Gasteiger partial charge in [0.05, 0.1) is 0 Å². The Morgan fingerprint density at radius 3 is 1.50 bits per heavy atom. The Morgan fingerprint density at radius 1 is 0.769 bits per heavy atom. The Hall–Kier alpha value is -2.47. The number of aliphatic imine (C=N–C) groups is 1. The topological polar surface area (TPSA) is 265 Å². The Balaban J connectivity index is -0.000000308. The number of aliphatic hydroxyl groups excluding tert-OH is 7. The average molecular weight is 389 g/mol. The van der Waals surface area contributed by atoms with E-state index in [1.54, 1.807) is 0 Å². The molecule has 0 fully saturated rings. The summed E-state index contributed by atoms with van der Waals surface area (Å²) in [5.74, 6) is 0.0370. The highest BCUT2D eigenvalue weighted by molar-refractivity contribution is 5.77. The van der Waals surface area contributed by atoms with Crippen LogP contribution in [-0.4, -0.2) is 106 Å². The number of carbonyl (C=O) groups excluding carboxylic acids is 2. The van der Waals surface area contributed by atoms with Crippen LogP contribution in [0.25, 0.3) is 0 Å². The fraction of sp³-hybridized carbons (Fsp3) is 0.700. The first-order valence-corrected chi connectivity index (χ1v) is 6.72. The molecular weight excluding hydrogens is 362 g/mol. The third-order valence-electron chi connectivity index (χ3n) is 1.84. The summed E-state index contributed by atoms with van der Waals surface area (Å²) in [6, 6.07) is -1.30. The SMILES string of the molecule is NC(=NCO)NCO.O=C(NCO)N(CO)CO.O=C(NCO)NCO. The zero-order chi connectivity index (χ0) is 20.8. The highest BCUT2D eigenvalue weighted by Gasteiger charge is 2.07. The number of guanidine groups is 1. The van der Waals surface area contributed by atoms with Crippen molar-refractivity contribution in [2.24, 2.45) is 10.7 Å². The summed E-state index contributed by atoms with van der Waals surface area (Å²) in [7, 11) is 0. The smallest absolute Gasteiger partial charge is 0.322 e. The lowest BCUT2D eigenvalue weighted by Crippen LogP contribution is -2.41. The summed E-state index contributed by atoms with van der Waals surface area (Å²) in [5.41, 5.74) is 5.01. The lowest BCUT2D eigenvalue weighted by molar-refractivity contribution is 0.0539. The minimum Gasteiger partial charge on any atom is -0.376 e. The summed E-state index contributed by atoms with van der Waals surface area (Å²) < 4.78 is 0. The van der Waals surface area contributed by atoms with Crippen LogP contribution in [0, 0.1) is 0 Å². The van der Waals surface area contributed by atoms with Gasteiger partial charge in [0.2, 0.25) is 0 Å². The standard InChI is InChI=1S/C4H10N2O4.C3H9N3O2.C3H8N2O3/c7-1-5-4(10)6(2-8)3-9;4-3(5-1-7)6-2-8;6-1-4-3(8)5-2-7/h7-9H,1-3H2,(H,5,10);7-8H,1-2H2,(H3,4,5,6);6-7H,1-2H2,(H2,4,5,8). The van der Waals surface area contributed by atoms with Gasteiger partial charge in [0.15, 0.2) is 5.96 Å². The molecule has 0 aliphatic carbocycles. The van der Waals surface area contributed by atoms with E-state index in [2.05, 4.69) is 10.3 Å². The maximum atomic E-state index is 10.5. The van der Waals surface area contributed by atoms with Gasteiger partial charge >= 0.3 is 12.1 Å². The molecule has 0 atom stereocenters. The van der Waals surface area contributed by atoms with Crippen LogP contribution in [0.5, 0.6) is 0 Å². The molecule has 26 heavy (non-hydrogen) atoms. The molecule has 0 aliphatic heterocycles. The Kier molecular flexibility index (Phi) is 24.6. The number of amides is 4. The van der Waals surface area contributed by atoms with Crippen molar-refractivity contribution < 1.29 is 45.3 Å². The van der Waals surface area contributed by atoms with Crippen molar-refractivity contribution in [2.45, 2.75) is 0 Å². The molecule has 16 nitrogen and oxygen atoms in total. The minimum atomic E-state index is -0.715. The largest absolute Gasteiger partial charge is 0.376 e. The molecule has 0 heterocycles. The van der Waals surface area contributed by atoms with E-state index in [-0.39, 0.29) is 19.4 Å². The number of rotatable bonds is 7. The average Bonchev–Trinajstić information content (AvgIpc) is 2.58. The molecule has 0 radical (unpaired) electrons. The van der Waals surface area contributed by atoms with Crippen molar-refractivity contribution >= 4 is 18.0 Å². The molecule has 0 rings (SSSR count). The number of hydrogen-bond acceptors (Lipinski definition) is 10. The van der Waals surface area contributed by atoms with Gasteiger partial charge in [-0.3, -0.25) is 4.90 Å². The molecule has 0 saturated heterocycles. The van der Waals surface area contributed by atoms with Crippen molar-refractivity contribution in [1.82, 2.24) is 26.2 Å². The van der Waals surface area contributed by atoms with Crippen LogP contribution in [0.3, 0.4) is 0 Å². The van der Waals surface area contributed by atoms with E-state index in [9.17, 15) is 9.59 Å². The number of hydrogen-bond donors (Lipinski definition) is 12. The third kappa shape index (κ3) is 21.5. The molecule has 156 valence electrons. The molecule has 13 N–H and O–H groups in total. The summed E-state index contributed by atoms with van der Waals surface area (Å²) in [6.07, 6.45) is 0. The first-order chi connectivity index (χ1) is 12.4. The third-order valence-corrected chi connectivity index (χ3v) is 1.84. The quantitative estimate of drug-likeness (QED) is 0.111. The van der Waals surface area contributed by atoms with Crippen molar-refractivity contribution in [3.05, 3.63) is 0 Å². The van der Waals surface area contributed by atoms with Crippen molar-refractivity contribution in [1.29, 1.82) is 0 Å². The monoisotopic (exact) mass is 389 g/mol. The van der Waals surface area contributed by atoms with Crippen LogP contribution < -0.4 is 27.0 Å². The van der Waals surface area contributed by atoms with E-state index in [4.69, 9.17) is 41.5 Å².